The van der Waals surface area contributed by atoms with Crippen molar-refractivity contribution in [1.29, 1.82) is 0 Å². The maximum Gasteiger partial charge on any atom is 0.358 e. The van der Waals surface area contributed by atoms with Crippen LogP contribution in [0.25, 0.3) is 21.8 Å². The Morgan fingerprint density at radius 3 is 2.59 bits per heavy atom. The fourth-order valence-corrected chi connectivity index (χ4v) is 2.86. The summed E-state index contributed by atoms with van der Waals surface area (Å²) in [7, 11) is 3.28. The molecule has 3 rings (SSSR count). The van der Waals surface area contributed by atoms with Crippen molar-refractivity contribution < 1.29 is 14.6 Å². The van der Waals surface area contributed by atoms with Crippen molar-refractivity contribution in [3.63, 3.8) is 0 Å². The molecule has 0 aliphatic carbocycles. The number of aromatic nitrogens is 2. The van der Waals surface area contributed by atoms with E-state index in [1.165, 1.54) is 9.13 Å². The minimum absolute atomic E-state index is 0.00898. The Bertz CT molecular complexity index is 966. The fourth-order valence-electron chi connectivity index (χ4n) is 2.86. The van der Waals surface area contributed by atoms with Crippen molar-refractivity contribution in [2.75, 3.05) is 6.61 Å². The third kappa shape index (κ3) is 1.73. The molecular weight excluding hydrogens is 284 g/mol. The maximum absolute atomic E-state index is 12.5. The van der Waals surface area contributed by atoms with Crippen molar-refractivity contribution >= 4 is 27.8 Å². The zero-order valence-corrected chi connectivity index (χ0v) is 12.6. The number of rotatable bonds is 2. The molecule has 2 aromatic heterocycles. The smallest absolute Gasteiger partial charge is 0.358 e. The van der Waals surface area contributed by atoms with Crippen molar-refractivity contribution in [2.24, 2.45) is 14.1 Å². The third-order valence-corrected chi connectivity index (χ3v) is 3.88. The molecule has 0 saturated carbocycles. The number of esters is 1. The zero-order valence-electron chi connectivity index (χ0n) is 12.6. The second-order valence-corrected chi connectivity index (χ2v) is 5.08. The lowest BCUT2D eigenvalue weighted by molar-refractivity contribution is 0.0512. The Balaban J connectivity index is 2.55. The van der Waals surface area contributed by atoms with Gasteiger partial charge in [0.25, 0.3) is 5.56 Å². The van der Waals surface area contributed by atoms with Crippen LogP contribution < -0.4 is 5.56 Å². The molecule has 114 valence electrons. The van der Waals surface area contributed by atoms with E-state index in [1.807, 2.05) is 24.3 Å². The average molecular weight is 300 g/mol. The molecule has 2 heterocycles. The normalized spacial score (nSPS) is 11.2. The Morgan fingerprint density at radius 2 is 1.91 bits per heavy atom. The maximum atomic E-state index is 12.5. The fraction of sp³-hybridized carbons (Fsp3) is 0.250. The van der Waals surface area contributed by atoms with Crippen LogP contribution in [0.15, 0.2) is 29.1 Å². The van der Waals surface area contributed by atoms with Gasteiger partial charge in [0.15, 0.2) is 11.4 Å². The van der Waals surface area contributed by atoms with E-state index >= 15 is 0 Å². The van der Waals surface area contributed by atoms with E-state index in [1.54, 1.807) is 21.0 Å². The van der Waals surface area contributed by atoms with Crippen LogP contribution in [-0.2, 0) is 18.8 Å². The largest absolute Gasteiger partial charge is 0.505 e. The number of nitrogens with zero attached hydrogens (tertiary/aromatic N) is 2. The van der Waals surface area contributed by atoms with Gasteiger partial charge in [-0.2, -0.15) is 0 Å². The van der Waals surface area contributed by atoms with Gasteiger partial charge in [-0.15, -0.1) is 0 Å². The zero-order chi connectivity index (χ0) is 16.0. The molecule has 0 aliphatic heterocycles. The summed E-state index contributed by atoms with van der Waals surface area (Å²) < 4.78 is 7.96. The number of aryl methyl sites for hydroxylation is 2. The molecule has 1 N–H and O–H groups in total. The molecule has 0 saturated heterocycles. The molecule has 0 radical (unpaired) electrons. The van der Waals surface area contributed by atoms with Crippen LogP contribution in [0, 0.1) is 0 Å². The van der Waals surface area contributed by atoms with Crippen molar-refractivity contribution in [1.82, 2.24) is 9.13 Å². The van der Waals surface area contributed by atoms with Gasteiger partial charge in [0.2, 0.25) is 0 Å². The number of pyridine rings is 1. The number of para-hydroxylation sites is 1. The predicted octanol–water partition coefficient (Wildman–Crippen LogP) is 1.91. The first kappa shape index (κ1) is 14.2. The van der Waals surface area contributed by atoms with Crippen LogP contribution >= 0.6 is 0 Å². The lowest BCUT2D eigenvalue weighted by Gasteiger charge is -2.08. The third-order valence-electron chi connectivity index (χ3n) is 3.88. The number of ether oxygens (including phenoxy) is 1. The van der Waals surface area contributed by atoms with Crippen LogP contribution in [0.4, 0.5) is 0 Å². The molecule has 3 aromatic rings. The molecule has 0 aliphatic rings. The highest BCUT2D eigenvalue weighted by Crippen LogP contribution is 2.33. The Hall–Kier alpha value is -2.76. The van der Waals surface area contributed by atoms with Gasteiger partial charge in [0.05, 0.1) is 17.6 Å². The Kier molecular flexibility index (Phi) is 3.16. The van der Waals surface area contributed by atoms with Crippen LogP contribution in [0.3, 0.4) is 0 Å². The molecule has 1 aromatic carbocycles. The SMILES string of the molecule is CCOC(=O)c1c(O)c2c(=O)n(C)c3ccccc3c2n1C. The molecule has 22 heavy (non-hydrogen) atoms. The molecule has 0 atom stereocenters. The van der Waals surface area contributed by atoms with E-state index in [-0.39, 0.29) is 29.0 Å². The van der Waals surface area contributed by atoms with Crippen LogP contribution in [-0.4, -0.2) is 26.8 Å². The highest BCUT2D eigenvalue weighted by Gasteiger charge is 2.26. The molecule has 6 heteroatoms. The second-order valence-electron chi connectivity index (χ2n) is 5.08. The van der Waals surface area contributed by atoms with Gasteiger partial charge < -0.3 is 19.0 Å². The first-order chi connectivity index (χ1) is 10.5. The molecule has 0 amide bonds. The van der Waals surface area contributed by atoms with Gasteiger partial charge in [-0.1, -0.05) is 18.2 Å². The minimum atomic E-state index is -0.648. The van der Waals surface area contributed by atoms with E-state index in [4.69, 9.17) is 4.74 Å². The predicted molar refractivity (Wildman–Crippen MR) is 83.3 cm³/mol. The molecular formula is C16H16N2O4. The molecule has 0 unspecified atom stereocenters. The monoisotopic (exact) mass is 300 g/mol. The average Bonchev–Trinajstić information content (AvgIpc) is 2.76. The van der Waals surface area contributed by atoms with Gasteiger partial charge in [-0.25, -0.2) is 4.79 Å². The summed E-state index contributed by atoms with van der Waals surface area (Å²) in [6, 6.07) is 7.36. The summed E-state index contributed by atoms with van der Waals surface area (Å²) in [4.78, 5) is 24.6. The van der Waals surface area contributed by atoms with Gasteiger partial charge in [0.1, 0.15) is 5.39 Å². The van der Waals surface area contributed by atoms with Gasteiger partial charge in [0, 0.05) is 19.5 Å². The molecule has 0 fully saturated rings. The van der Waals surface area contributed by atoms with E-state index in [2.05, 4.69) is 0 Å². The van der Waals surface area contributed by atoms with E-state index < -0.39 is 5.97 Å². The van der Waals surface area contributed by atoms with Crippen LogP contribution in [0.2, 0.25) is 0 Å². The van der Waals surface area contributed by atoms with E-state index in [9.17, 15) is 14.7 Å². The van der Waals surface area contributed by atoms with E-state index in [0.29, 0.717) is 5.52 Å². The highest BCUT2D eigenvalue weighted by atomic mass is 16.5. The minimum Gasteiger partial charge on any atom is -0.505 e. The second kappa shape index (κ2) is 4.91. The first-order valence-corrected chi connectivity index (χ1v) is 6.95. The summed E-state index contributed by atoms with van der Waals surface area (Å²) in [6.07, 6.45) is 0. The summed E-state index contributed by atoms with van der Waals surface area (Å²) in [6.45, 7) is 1.88. The molecule has 0 bridgehead atoms. The van der Waals surface area contributed by atoms with Crippen LogP contribution in [0.5, 0.6) is 5.75 Å². The number of hydrogen-bond donors (Lipinski definition) is 1. The lowest BCUT2D eigenvalue weighted by Crippen LogP contribution is -2.17. The summed E-state index contributed by atoms with van der Waals surface area (Å²) in [5.74, 6) is -0.980. The number of hydrogen-bond acceptors (Lipinski definition) is 4. The van der Waals surface area contributed by atoms with Crippen molar-refractivity contribution in [3.8, 4) is 5.75 Å². The van der Waals surface area contributed by atoms with E-state index in [0.717, 1.165) is 10.9 Å². The number of carbonyl (C=O) groups excluding carboxylic acids is 1. The molecule has 0 spiro atoms. The Morgan fingerprint density at radius 1 is 1.23 bits per heavy atom. The van der Waals surface area contributed by atoms with Gasteiger partial charge in [-0.3, -0.25) is 4.79 Å². The number of carbonyl (C=O) groups is 1. The first-order valence-electron chi connectivity index (χ1n) is 6.95. The number of benzene rings is 1. The molecule has 6 nitrogen and oxygen atoms in total. The van der Waals surface area contributed by atoms with Crippen molar-refractivity contribution in [2.45, 2.75) is 6.92 Å². The number of fused-ring (bicyclic) bond motifs is 3. The Labute approximate surface area is 126 Å². The van der Waals surface area contributed by atoms with Gasteiger partial charge >= 0.3 is 5.97 Å². The number of aromatic hydroxyl groups is 1. The topological polar surface area (TPSA) is 73.5 Å². The highest BCUT2D eigenvalue weighted by molar-refractivity contribution is 6.10. The lowest BCUT2D eigenvalue weighted by atomic mass is 10.1. The quantitative estimate of drug-likeness (QED) is 0.734. The van der Waals surface area contributed by atoms with Gasteiger partial charge in [-0.05, 0) is 13.0 Å². The summed E-state index contributed by atoms with van der Waals surface area (Å²) in [5.41, 5.74) is 0.901. The summed E-state index contributed by atoms with van der Waals surface area (Å²) >= 11 is 0. The van der Waals surface area contributed by atoms with Crippen LogP contribution in [0.1, 0.15) is 17.4 Å². The standard InChI is InChI=1S/C16H16N2O4/c1-4-22-16(21)13-14(19)11-12(18(13)3)9-7-5-6-8-10(9)17(2)15(11)20/h5-8,19H,4H2,1-3H3. The summed E-state index contributed by atoms with van der Waals surface area (Å²) in [5, 5.41) is 11.3. The van der Waals surface area contributed by atoms with Crippen molar-refractivity contribution in [3.05, 3.63) is 40.3 Å².